The second-order valence-corrected chi connectivity index (χ2v) is 8.12. The summed E-state index contributed by atoms with van der Waals surface area (Å²) < 4.78 is 80.3. The summed E-state index contributed by atoms with van der Waals surface area (Å²) in [6.07, 6.45) is -9.80. The van der Waals surface area contributed by atoms with Crippen LogP contribution >= 0.6 is 11.8 Å². The summed E-state index contributed by atoms with van der Waals surface area (Å²) in [5, 5.41) is 13.5. The average Bonchev–Trinajstić information content (AvgIpc) is 2.74. The molecule has 6 nitrogen and oxygen atoms in total. The van der Waals surface area contributed by atoms with Gasteiger partial charge in [0, 0.05) is 17.8 Å². The van der Waals surface area contributed by atoms with Crippen molar-refractivity contribution in [1.82, 2.24) is 19.9 Å². The van der Waals surface area contributed by atoms with Gasteiger partial charge in [-0.05, 0) is 24.0 Å². The number of aliphatic hydroxyl groups is 1. The summed E-state index contributed by atoms with van der Waals surface area (Å²) in [6.45, 7) is 3.36. The fourth-order valence-electron chi connectivity index (χ4n) is 3.02. The van der Waals surface area contributed by atoms with Gasteiger partial charge in [0.1, 0.15) is 11.5 Å². The standard InChI is InChI=1S/C20H19F6N5OS/c1-9(2)16-29-17(31-18(30-16)33-3)27-8-13(32)11-7-14(20(24,25)26)28-15-10(11)5-4-6-12(15)19(21,22)23/h4-7,9,13,32H,8H2,1-3H3,(H,27,29,30,31). The highest BCUT2D eigenvalue weighted by Gasteiger charge is 2.38. The van der Waals surface area contributed by atoms with Crippen LogP contribution in [0.1, 0.15) is 48.5 Å². The van der Waals surface area contributed by atoms with Gasteiger partial charge in [-0.1, -0.05) is 37.7 Å². The number of pyridine rings is 1. The summed E-state index contributed by atoms with van der Waals surface area (Å²) in [7, 11) is 0. The molecule has 0 amide bonds. The lowest BCUT2D eigenvalue weighted by atomic mass is 9.99. The van der Waals surface area contributed by atoms with Crippen molar-refractivity contribution >= 4 is 28.6 Å². The van der Waals surface area contributed by atoms with Gasteiger partial charge in [0.25, 0.3) is 0 Å². The predicted octanol–water partition coefficient (Wildman–Crippen LogP) is 5.45. The fourth-order valence-corrected chi connectivity index (χ4v) is 3.39. The summed E-state index contributed by atoms with van der Waals surface area (Å²) in [4.78, 5) is 15.8. The van der Waals surface area contributed by atoms with Crippen LogP contribution in [-0.2, 0) is 12.4 Å². The molecule has 1 atom stereocenters. The lowest BCUT2D eigenvalue weighted by molar-refractivity contribution is -0.142. The van der Waals surface area contributed by atoms with Gasteiger partial charge in [-0.25, -0.2) is 9.97 Å². The Balaban J connectivity index is 2.03. The van der Waals surface area contributed by atoms with Crippen LogP contribution in [-0.4, -0.2) is 37.8 Å². The molecule has 3 aromatic rings. The molecule has 0 aliphatic heterocycles. The van der Waals surface area contributed by atoms with E-state index in [0.29, 0.717) is 23.1 Å². The molecule has 0 saturated heterocycles. The zero-order valence-corrected chi connectivity index (χ0v) is 18.4. The van der Waals surface area contributed by atoms with E-state index in [4.69, 9.17) is 0 Å². The van der Waals surface area contributed by atoms with Crippen LogP contribution < -0.4 is 5.32 Å². The topological polar surface area (TPSA) is 83.8 Å². The molecular weight excluding hydrogens is 472 g/mol. The molecule has 2 N–H and O–H groups in total. The van der Waals surface area contributed by atoms with E-state index < -0.39 is 35.2 Å². The summed E-state index contributed by atoms with van der Waals surface area (Å²) in [5.74, 6) is 0.515. The molecule has 0 aliphatic rings. The van der Waals surface area contributed by atoms with Crippen molar-refractivity contribution in [3.8, 4) is 0 Å². The number of anilines is 1. The molecule has 2 heterocycles. The number of nitrogens with one attached hydrogen (secondary N) is 1. The van der Waals surface area contributed by atoms with Gasteiger partial charge in [-0.15, -0.1) is 0 Å². The van der Waals surface area contributed by atoms with Crippen LogP contribution in [0.3, 0.4) is 0 Å². The molecule has 3 rings (SSSR count). The number of benzene rings is 1. The van der Waals surface area contributed by atoms with Crippen molar-refractivity contribution in [2.75, 3.05) is 18.1 Å². The zero-order chi connectivity index (χ0) is 24.6. The van der Waals surface area contributed by atoms with Crippen LogP contribution in [0.25, 0.3) is 10.9 Å². The minimum absolute atomic E-state index is 0.0383. The predicted molar refractivity (Wildman–Crippen MR) is 111 cm³/mol. The van der Waals surface area contributed by atoms with Crippen molar-refractivity contribution in [3.05, 3.63) is 46.9 Å². The molecule has 0 bridgehead atoms. The fraction of sp³-hybridized carbons (Fsp3) is 0.400. The zero-order valence-electron chi connectivity index (χ0n) is 17.6. The number of nitrogens with zero attached hydrogens (tertiary/aromatic N) is 4. The van der Waals surface area contributed by atoms with Gasteiger partial charge in [-0.2, -0.15) is 36.3 Å². The van der Waals surface area contributed by atoms with Gasteiger partial charge in [0.2, 0.25) is 5.95 Å². The number of aromatic nitrogens is 4. The molecule has 1 aromatic carbocycles. The number of aliphatic hydroxyl groups excluding tert-OH is 1. The Morgan fingerprint density at radius 1 is 1.00 bits per heavy atom. The van der Waals surface area contributed by atoms with Crippen molar-refractivity contribution in [2.24, 2.45) is 0 Å². The Morgan fingerprint density at radius 3 is 2.27 bits per heavy atom. The van der Waals surface area contributed by atoms with E-state index in [1.54, 1.807) is 6.26 Å². The minimum atomic E-state index is -5.01. The van der Waals surface area contributed by atoms with Gasteiger partial charge < -0.3 is 10.4 Å². The van der Waals surface area contributed by atoms with Crippen LogP contribution in [0.15, 0.2) is 29.4 Å². The van der Waals surface area contributed by atoms with Gasteiger partial charge in [0.05, 0.1) is 17.2 Å². The molecule has 0 fully saturated rings. The molecule has 0 spiro atoms. The van der Waals surface area contributed by atoms with Crippen molar-refractivity contribution in [2.45, 2.75) is 43.4 Å². The quantitative estimate of drug-likeness (QED) is 0.351. The molecule has 0 radical (unpaired) electrons. The Morgan fingerprint density at radius 2 is 1.70 bits per heavy atom. The minimum Gasteiger partial charge on any atom is -0.387 e. The number of halogens is 6. The first-order valence-corrected chi connectivity index (χ1v) is 10.8. The first kappa shape index (κ1) is 25.0. The number of hydrogen-bond acceptors (Lipinski definition) is 7. The van der Waals surface area contributed by atoms with E-state index in [2.05, 4.69) is 25.3 Å². The third kappa shape index (κ3) is 5.64. The van der Waals surface area contributed by atoms with E-state index in [1.807, 2.05) is 13.8 Å². The molecule has 13 heteroatoms. The Hall–Kier alpha value is -2.67. The second kappa shape index (κ2) is 9.29. The maximum atomic E-state index is 13.4. The number of thioether (sulfide) groups is 1. The van der Waals surface area contributed by atoms with Crippen molar-refractivity contribution in [3.63, 3.8) is 0 Å². The molecule has 0 saturated carbocycles. The van der Waals surface area contributed by atoms with Crippen LogP contribution in [0.4, 0.5) is 32.3 Å². The van der Waals surface area contributed by atoms with Crippen LogP contribution in [0.5, 0.6) is 0 Å². The molecule has 1 unspecified atom stereocenters. The molecule has 2 aromatic heterocycles. The van der Waals surface area contributed by atoms with Crippen LogP contribution in [0.2, 0.25) is 0 Å². The maximum absolute atomic E-state index is 13.4. The van der Waals surface area contributed by atoms with E-state index >= 15 is 0 Å². The number of hydrogen-bond donors (Lipinski definition) is 2. The highest BCUT2D eigenvalue weighted by atomic mass is 32.2. The first-order chi connectivity index (χ1) is 15.3. The lowest BCUT2D eigenvalue weighted by Gasteiger charge is -2.19. The Kier molecular flexibility index (Phi) is 7.03. The van der Waals surface area contributed by atoms with E-state index in [-0.39, 0.29) is 29.4 Å². The number of rotatable bonds is 6. The summed E-state index contributed by atoms with van der Waals surface area (Å²) >= 11 is 1.25. The normalized spacial score (nSPS) is 13.5. The third-order valence-corrected chi connectivity index (χ3v) is 5.16. The largest absolute Gasteiger partial charge is 0.433 e. The number of alkyl halides is 6. The second-order valence-electron chi connectivity index (χ2n) is 7.35. The smallest absolute Gasteiger partial charge is 0.387 e. The highest BCUT2D eigenvalue weighted by Crippen LogP contribution is 2.39. The third-order valence-electron chi connectivity index (χ3n) is 4.61. The number of fused-ring (bicyclic) bond motifs is 1. The number of para-hydroxylation sites is 1. The van der Waals surface area contributed by atoms with Crippen molar-refractivity contribution < 1.29 is 31.4 Å². The molecular formula is C20H19F6N5OS. The molecule has 178 valence electrons. The van der Waals surface area contributed by atoms with Gasteiger partial charge >= 0.3 is 12.4 Å². The first-order valence-electron chi connectivity index (χ1n) is 9.61. The van der Waals surface area contributed by atoms with E-state index in [9.17, 15) is 31.4 Å². The molecule has 33 heavy (non-hydrogen) atoms. The van der Waals surface area contributed by atoms with Crippen LogP contribution in [0, 0.1) is 0 Å². The van der Waals surface area contributed by atoms with E-state index in [0.717, 1.165) is 6.07 Å². The summed E-state index contributed by atoms with van der Waals surface area (Å²) in [6, 6.07) is 3.43. The van der Waals surface area contributed by atoms with Crippen molar-refractivity contribution in [1.29, 1.82) is 0 Å². The SMILES string of the molecule is CSc1nc(NCC(O)c2cc(C(F)(F)F)nc3c(C(F)(F)F)cccc23)nc(C(C)C)n1. The highest BCUT2D eigenvalue weighted by molar-refractivity contribution is 7.98. The Bertz CT molecular complexity index is 1150. The van der Waals surface area contributed by atoms with Gasteiger partial charge in [0.15, 0.2) is 5.16 Å². The Labute approximate surface area is 188 Å². The van der Waals surface area contributed by atoms with Gasteiger partial charge in [-0.3, -0.25) is 0 Å². The van der Waals surface area contributed by atoms with E-state index in [1.165, 1.54) is 17.8 Å². The lowest BCUT2D eigenvalue weighted by Crippen LogP contribution is -2.18. The maximum Gasteiger partial charge on any atom is 0.433 e. The molecule has 0 aliphatic carbocycles. The summed E-state index contributed by atoms with van der Waals surface area (Å²) in [5.41, 5.74) is -4.10. The monoisotopic (exact) mass is 491 g/mol. The average molecular weight is 491 g/mol.